The Morgan fingerprint density at radius 1 is 1.41 bits per heavy atom. The summed E-state index contributed by atoms with van der Waals surface area (Å²) in [7, 11) is 0. The Kier molecular flexibility index (Phi) is 3.54. The number of aromatic amines is 1. The second-order valence-electron chi connectivity index (χ2n) is 4.29. The Morgan fingerprint density at radius 2 is 2.24 bits per heavy atom. The van der Waals surface area contributed by atoms with Crippen molar-refractivity contribution in [1.29, 1.82) is 0 Å². The van der Waals surface area contributed by atoms with E-state index in [1.165, 1.54) is 12.1 Å². The van der Waals surface area contributed by atoms with E-state index in [4.69, 9.17) is 0 Å². The molecule has 0 fully saturated rings. The fraction of sp³-hybridized carbons (Fsp3) is 0.308. The first kappa shape index (κ1) is 11.8. The first-order chi connectivity index (χ1) is 8.15. The molecule has 3 nitrogen and oxygen atoms in total. The molecule has 0 bridgehead atoms. The maximum absolute atomic E-state index is 13.1. The fourth-order valence-electron chi connectivity index (χ4n) is 1.56. The summed E-state index contributed by atoms with van der Waals surface area (Å²) in [4.78, 5) is 7.43. The van der Waals surface area contributed by atoms with Gasteiger partial charge in [-0.2, -0.15) is 0 Å². The number of H-pyrrole nitrogens is 1. The normalized spacial score (nSPS) is 11.1. The molecule has 1 aromatic carbocycles. The molecule has 2 aromatic rings. The van der Waals surface area contributed by atoms with Gasteiger partial charge >= 0.3 is 0 Å². The summed E-state index contributed by atoms with van der Waals surface area (Å²) in [5.41, 5.74) is 1.65. The molecule has 0 aliphatic carbocycles. The van der Waals surface area contributed by atoms with Crippen LogP contribution in [0.4, 0.5) is 4.39 Å². The maximum atomic E-state index is 13.1. The minimum Gasteiger partial charge on any atom is -0.341 e. The lowest BCUT2D eigenvalue weighted by atomic mass is 10.2. The van der Waals surface area contributed by atoms with Crippen molar-refractivity contribution in [3.63, 3.8) is 0 Å². The average molecular weight is 233 g/mol. The largest absolute Gasteiger partial charge is 0.341 e. The summed E-state index contributed by atoms with van der Waals surface area (Å²) < 4.78 is 13.1. The number of aromatic nitrogens is 2. The molecule has 17 heavy (non-hydrogen) atoms. The van der Waals surface area contributed by atoms with E-state index in [1.807, 2.05) is 6.07 Å². The molecular weight excluding hydrogens is 217 g/mol. The van der Waals surface area contributed by atoms with Gasteiger partial charge in [-0.25, -0.2) is 9.37 Å². The quantitative estimate of drug-likeness (QED) is 0.852. The van der Waals surface area contributed by atoms with Crippen molar-refractivity contribution in [3.8, 4) is 11.3 Å². The lowest BCUT2D eigenvalue weighted by Gasteiger charge is -2.04. The second kappa shape index (κ2) is 5.10. The fourth-order valence-corrected chi connectivity index (χ4v) is 1.56. The summed E-state index contributed by atoms with van der Waals surface area (Å²) in [5.74, 6) is 0.622. The van der Waals surface area contributed by atoms with Crippen LogP contribution in [0.2, 0.25) is 0 Å². The average Bonchev–Trinajstić information content (AvgIpc) is 2.75. The Hall–Kier alpha value is -1.68. The van der Waals surface area contributed by atoms with E-state index in [9.17, 15) is 4.39 Å². The number of rotatable bonds is 4. The molecule has 1 aromatic heterocycles. The first-order valence-corrected chi connectivity index (χ1v) is 5.68. The summed E-state index contributed by atoms with van der Waals surface area (Å²) in [6.07, 6.45) is 1.73. The van der Waals surface area contributed by atoms with Gasteiger partial charge in [0.15, 0.2) is 0 Å². The highest BCUT2D eigenvalue weighted by Gasteiger charge is 2.04. The third-order valence-corrected chi connectivity index (χ3v) is 2.44. The SMILES string of the molecule is CC(C)NCc1ncc(-c2cccc(F)c2)[nH]1. The standard InChI is InChI=1S/C13H16FN3/c1-9(2)15-8-13-16-7-12(17-13)10-4-3-5-11(14)6-10/h3-7,9,15H,8H2,1-2H3,(H,16,17). The second-order valence-corrected chi connectivity index (χ2v) is 4.29. The van der Waals surface area contributed by atoms with Crippen molar-refractivity contribution in [2.24, 2.45) is 0 Å². The van der Waals surface area contributed by atoms with Crippen molar-refractivity contribution in [1.82, 2.24) is 15.3 Å². The molecule has 1 heterocycles. The van der Waals surface area contributed by atoms with Crippen LogP contribution >= 0.6 is 0 Å². The van der Waals surface area contributed by atoms with Gasteiger partial charge in [0.1, 0.15) is 11.6 Å². The van der Waals surface area contributed by atoms with E-state index in [0.29, 0.717) is 12.6 Å². The molecule has 90 valence electrons. The number of halogens is 1. The molecule has 2 N–H and O–H groups in total. The van der Waals surface area contributed by atoms with Gasteiger partial charge in [-0.05, 0) is 12.1 Å². The predicted molar refractivity (Wildman–Crippen MR) is 66.0 cm³/mol. The highest BCUT2D eigenvalue weighted by atomic mass is 19.1. The summed E-state index contributed by atoms with van der Waals surface area (Å²) in [5, 5.41) is 3.27. The van der Waals surface area contributed by atoms with Crippen molar-refractivity contribution in [2.45, 2.75) is 26.4 Å². The van der Waals surface area contributed by atoms with Gasteiger partial charge in [0.25, 0.3) is 0 Å². The predicted octanol–water partition coefficient (Wildman–Crippen LogP) is 2.71. The Morgan fingerprint density at radius 3 is 2.94 bits per heavy atom. The Balaban J connectivity index is 2.12. The van der Waals surface area contributed by atoms with Crippen LogP contribution in [0.3, 0.4) is 0 Å². The van der Waals surface area contributed by atoms with Crippen molar-refractivity contribution in [2.75, 3.05) is 0 Å². The van der Waals surface area contributed by atoms with E-state index >= 15 is 0 Å². The lowest BCUT2D eigenvalue weighted by molar-refractivity contribution is 0.575. The maximum Gasteiger partial charge on any atom is 0.123 e. The summed E-state index contributed by atoms with van der Waals surface area (Å²) in [6.45, 7) is 4.85. The van der Waals surface area contributed by atoms with Gasteiger partial charge < -0.3 is 10.3 Å². The molecular formula is C13H16FN3. The van der Waals surface area contributed by atoms with Crippen LogP contribution in [0.15, 0.2) is 30.5 Å². The third-order valence-electron chi connectivity index (χ3n) is 2.44. The molecule has 0 radical (unpaired) electrons. The molecule has 0 spiro atoms. The smallest absolute Gasteiger partial charge is 0.123 e. The molecule has 0 atom stereocenters. The van der Waals surface area contributed by atoms with Gasteiger partial charge in [0, 0.05) is 11.6 Å². The zero-order valence-corrected chi connectivity index (χ0v) is 10.00. The van der Waals surface area contributed by atoms with Crippen LogP contribution in [-0.4, -0.2) is 16.0 Å². The Bertz CT molecular complexity index is 491. The van der Waals surface area contributed by atoms with E-state index < -0.39 is 0 Å². The molecule has 0 aliphatic rings. The van der Waals surface area contributed by atoms with Gasteiger partial charge in [-0.3, -0.25) is 0 Å². The topological polar surface area (TPSA) is 40.7 Å². The van der Waals surface area contributed by atoms with E-state index in [0.717, 1.165) is 17.1 Å². The first-order valence-electron chi connectivity index (χ1n) is 5.68. The number of benzene rings is 1. The molecule has 2 rings (SSSR count). The van der Waals surface area contributed by atoms with Gasteiger partial charge in [0.2, 0.25) is 0 Å². The van der Waals surface area contributed by atoms with E-state index in [1.54, 1.807) is 12.3 Å². The molecule has 4 heteroatoms. The molecule has 0 saturated carbocycles. The molecule has 0 aliphatic heterocycles. The number of hydrogen-bond acceptors (Lipinski definition) is 2. The minimum absolute atomic E-state index is 0.237. The molecule has 0 saturated heterocycles. The Labute approximate surface area is 100 Å². The third kappa shape index (κ3) is 3.14. The van der Waals surface area contributed by atoms with Crippen LogP contribution < -0.4 is 5.32 Å². The number of nitrogens with one attached hydrogen (secondary N) is 2. The van der Waals surface area contributed by atoms with Gasteiger partial charge in [-0.1, -0.05) is 26.0 Å². The highest BCUT2D eigenvalue weighted by Crippen LogP contribution is 2.17. The highest BCUT2D eigenvalue weighted by molar-refractivity contribution is 5.58. The van der Waals surface area contributed by atoms with Crippen LogP contribution in [0.25, 0.3) is 11.3 Å². The summed E-state index contributed by atoms with van der Waals surface area (Å²) in [6, 6.07) is 6.89. The number of nitrogens with zero attached hydrogens (tertiary/aromatic N) is 1. The zero-order chi connectivity index (χ0) is 12.3. The van der Waals surface area contributed by atoms with Crippen LogP contribution in [-0.2, 0) is 6.54 Å². The molecule has 0 unspecified atom stereocenters. The van der Waals surface area contributed by atoms with Crippen molar-refractivity contribution in [3.05, 3.63) is 42.1 Å². The molecule has 0 amide bonds. The number of hydrogen-bond donors (Lipinski definition) is 2. The van der Waals surface area contributed by atoms with Crippen molar-refractivity contribution >= 4 is 0 Å². The van der Waals surface area contributed by atoms with Crippen LogP contribution in [0.5, 0.6) is 0 Å². The minimum atomic E-state index is -0.237. The van der Waals surface area contributed by atoms with E-state index in [2.05, 4.69) is 29.1 Å². The van der Waals surface area contributed by atoms with Crippen LogP contribution in [0.1, 0.15) is 19.7 Å². The van der Waals surface area contributed by atoms with Gasteiger partial charge in [0.05, 0.1) is 18.4 Å². The zero-order valence-electron chi connectivity index (χ0n) is 10.00. The van der Waals surface area contributed by atoms with Crippen LogP contribution in [0, 0.1) is 5.82 Å². The van der Waals surface area contributed by atoms with Gasteiger partial charge in [-0.15, -0.1) is 0 Å². The lowest BCUT2D eigenvalue weighted by Crippen LogP contribution is -2.22. The number of imidazole rings is 1. The summed E-state index contributed by atoms with van der Waals surface area (Å²) >= 11 is 0. The van der Waals surface area contributed by atoms with E-state index in [-0.39, 0.29) is 5.82 Å². The monoisotopic (exact) mass is 233 g/mol. The van der Waals surface area contributed by atoms with Crippen molar-refractivity contribution < 1.29 is 4.39 Å².